The molecule has 168 valence electrons. The summed E-state index contributed by atoms with van der Waals surface area (Å²) in [7, 11) is 1.95. The zero-order chi connectivity index (χ0) is 21.7. The predicted molar refractivity (Wildman–Crippen MR) is 125 cm³/mol. The highest BCUT2D eigenvalue weighted by molar-refractivity contribution is 5.99. The molecule has 0 radical (unpaired) electrons. The van der Waals surface area contributed by atoms with Crippen molar-refractivity contribution in [3.63, 3.8) is 0 Å². The summed E-state index contributed by atoms with van der Waals surface area (Å²) in [6.45, 7) is 4.78. The molecule has 6 nitrogen and oxygen atoms in total. The van der Waals surface area contributed by atoms with E-state index in [0.717, 1.165) is 62.4 Å². The summed E-state index contributed by atoms with van der Waals surface area (Å²) in [4.78, 5) is 18.2. The number of nitrogens with one attached hydrogen (secondary N) is 1. The van der Waals surface area contributed by atoms with Crippen LogP contribution in [0.25, 0.3) is 0 Å². The largest absolute Gasteiger partial charge is 0.354 e. The quantitative estimate of drug-likeness (QED) is 0.739. The first-order valence-corrected chi connectivity index (χ1v) is 12.2. The maximum atomic E-state index is 13.4. The van der Waals surface area contributed by atoms with E-state index in [-0.39, 0.29) is 5.91 Å². The average molecular weight is 432 g/mol. The van der Waals surface area contributed by atoms with Crippen LogP contribution < -0.4 is 10.2 Å². The summed E-state index contributed by atoms with van der Waals surface area (Å²) < 4.78 is 1.87. The average Bonchev–Trinajstić information content (AvgIpc) is 3.46. The molecule has 0 spiro atoms. The van der Waals surface area contributed by atoms with Gasteiger partial charge < -0.3 is 10.2 Å². The zero-order valence-corrected chi connectivity index (χ0v) is 18.9. The highest BCUT2D eigenvalue weighted by atomic mass is 16.1. The number of aryl methyl sites for hydroxylation is 1. The summed E-state index contributed by atoms with van der Waals surface area (Å²) in [6.07, 6.45) is 9.14. The molecule has 3 aliphatic carbocycles. The molecule has 4 unspecified atom stereocenters. The van der Waals surface area contributed by atoms with Gasteiger partial charge in [0.2, 0.25) is 0 Å². The van der Waals surface area contributed by atoms with Gasteiger partial charge in [-0.15, -0.1) is 0 Å². The number of benzene rings is 1. The van der Waals surface area contributed by atoms with E-state index >= 15 is 0 Å². The van der Waals surface area contributed by atoms with Crippen molar-refractivity contribution in [1.82, 2.24) is 20.0 Å². The fourth-order valence-corrected chi connectivity index (χ4v) is 6.68. The number of anilines is 1. The molecule has 1 aliphatic heterocycles. The van der Waals surface area contributed by atoms with E-state index < -0.39 is 0 Å². The van der Waals surface area contributed by atoms with Crippen molar-refractivity contribution in [2.75, 3.05) is 31.1 Å². The smallest absolute Gasteiger partial charge is 0.256 e. The molecular formula is C26H33N5O. The maximum Gasteiger partial charge on any atom is 0.256 e. The molecule has 1 saturated heterocycles. The van der Waals surface area contributed by atoms with Gasteiger partial charge in [-0.3, -0.25) is 14.4 Å². The number of hydrogen-bond acceptors (Lipinski definition) is 4. The van der Waals surface area contributed by atoms with Crippen LogP contribution in [-0.2, 0) is 13.6 Å². The summed E-state index contributed by atoms with van der Waals surface area (Å²) in [5, 5.41) is 7.88. The molecule has 2 bridgehead atoms. The molecule has 6 heteroatoms. The van der Waals surface area contributed by atoms with Crippen LogP contribution in [-0.4, -0.2) is 52.8 Å². The number of aromatic nitrogens is 2. The van der Waals surface area contributed by atoms with Gasteiger partial charge in [-0.2, -0.15) is 5.10 Å². The Hall–Kier alpha value is -2.60. The fourth-order valence-electron chi connectivity index (χ4n) is 6.68. The summed E-state index contributed by atoms with van der Waals surface area (Å²) >= 11 is 0. The normalized spacial score (nSPS) is 29.3. The van der Waals surface area contributed by atoms with Crippen LogP contribution in [0.1, 0.15) is 41.6 Å². The van der Waals surface area contributed by atoms with Gasteiger partial charge in [0.1, 0.15) is 11.4 Å². The number of piperazine rings is 1. The molecule has 3 fully saturated rings. The van der Waals surface area contributed by atoms with Gasteiger partial charge in [0.25, 0.3) is 5.91 Å². The number of carbonyl (C=O) groups excluding carboxylic acids is 1. The Morgan fingerprint density at radius 1 is 1.12 bits per heavy atom. The first-order chi connectivity index (χ1) is 15.7. The first kappa shape index (κ1) is 20.0. The van der Waals surface area contributed by atoms with Gasteiger partial charge in [-0.1, -0.05) is 42.0 Å². The van der Waals surface area contributed by atoms with E-state index in [1.165, 1.54) is 24.8 Å². The van der Waals surface area contributed by atoms with Crippen molar-refractivity contribution in [3.05, 3.63) is 59.3 Å². The lowest BCUT2D eigenvalue weighted by atomic mass is 9.89. The number of fused-ring (bicyclic) bond motifs is 1. The highest BCUT2D eigenvalue weighted by Gasteiger charge is 2.48. The molecule has 1 N–H and O–H groups in total. The van der Waals surface area contributed by atoms with Crippen molar-refractivity contribution in [1.29, 1.82) is 0 Å². The second-order valence-corrected chi connectivity index (χ2v) is 10.2. The van der Waals surface area contributed by atoms with E-state index in [1.54, 1.807) is 11.8 Å². The Morgan fingerprint density at radius 2 is 1.94 bits per heavy atom. The van der Waals surface area contributed by atoms with Gasteiger partial charge in [0.15, 0.2) is 0 Å². The van der Waals surface area contributed by atoms with Crippen LogP contribution in [0.5, 0.6) is 0 Å². The third-order valence-corrected chi connectivity index (χ3v) is 8.26. The van der Waals surface area contributed by atoms with Gasteiger partial charge >= 0.3 is 0 Å². The van der Waals surface area contributed by atoms with Crippen molar-refractivity contribution in [2.45, 2.75) is 38.3 Å². The van der Waals surface area contributed by atoms with Gasteiger partial charge in [0, 0.05) is 45.8 Å². The van der Waals surface area contributed by atoms with E-state index in [2.05, 4.69) is 56.6 Å². The van der Waals surface area contributed by atoms with Crippen molar-refractivity contribution >= 4 is 11.7 Å². The van der Waals surface area contributed by atoms with Crippen LogP contribution in [0, 0.1) is 17.8 Å². The summed E-state index contributed by atoms with van der Waals surface area (Å²) in [6, 6.07) is 10.9. The lowest BCUT2D eigenvalue weighted by molar-refractivity contribution is 0.0926. The van der Waals surface area contributed by atoms with Crippen LogP contribution in [0.3, 0.4) is 0 Å². The minimum absolute atomic E-state index is 0.0499. The minimum atomic E-state index is 0.0499. The van der Waals surface area contributed by atoms with Crippen LogP contribution in [0.2, 0.25) is 0 Å². The summed E-state index contributed by atoms with van der Waals surface area (Å²) in [5.74, 6) is 3.22. The maximum absolute atomic E-state index is 13.4. The third kappa shape index (κ3) is 3.54. The van der Waals surface area contributed by atoms with E-state index in [9.17, 15) is 4.79 Å². The van der Waals surface area contributed by atoms with Crippen molar-refractivity contribution < 1.29 is 4.79 Å². The second kappa shape index (κ2) is 8.07. The SMILES string of the molecule is Cn1ncc(C(=O)NC2CC3=CCC4CC3C2C4)c1N1CCN(Cc2ccccc2)CC1. The Kier molecular flexibility index (Phi) is 5.05. The predicted octanol–water partition coefficient (Wildman–Crippen LogP) is 3.22. The number of allylic oxidation sites excluding steroid dienone is 1. The molecule has 2 heterocycles. The number of nitrogens with zero attached hydrogens (tertiary/aromatic N) is 4. The number of carbonyl (C=O) groups is 1. The summed E-state index contributed by atoms with van der Waals surface area (Å²) in [5.41, 5.74) is 3.69. The molecule has 4 aliphatic rings. The van der Waals surface area contributed by atoms with Gasteiger partial charge in [-0.05, 0) is 49.0 Å². The molecule has 1 aromatic heterocycles. The Bertz CT molecular complexity index is 1020. The lowest BCUT2D eigenvalue weighted by Crippen LogP contribution is -2.47. The van der Waals surface area contributed by atoms with Gasteiger partial charge in [0.05, 0.1) is 6.20 Å². The van der Waals surface area contributed by atoms with Crippen LogP contribution in [0.15, 0.2) is 48.2 Å². The second-order valence-electron chi connectivity index (χ2n) is 10.2. The standard InChI is InChI=1S/C26H33N5O/c1-29-26(31-11-9-30(10-12-31)17-18-5-3-2-4-6-18)23(16-27-29)25(32)28-24-15-20-8-7-19-13-21(20)22(24)14-19/h2-6,8,16,19,21-22,24H,7,9-15,17H2,1H3,(H,28,32). The van der Waals surface area contributed by atoms with Gasteiger partial charge in [-0.25, -0.2) is 0 Å². The molecule has 6 rings (SSSR count). The molecule has 1 amide bonds. The molecule has 2 aromatic rings. The van der Waals surface area contributed by atoms with E-state index in [4.69, 9.17) is 0 Å². The molecule has 1 aromatic carbocycles. The third-order valence-electron chi connectivity index (χ3n) is 8.26. The van der Waals surface area contributed by atoms with E-state index in [0.29, 0.717) is 12.0 Å². The molecule has 32 heavy (non-hydrogen) atoms. The minimum Gasteiger partial charge on any atom is -0.354 e. The van der Waals surface area contributed by atoms with Crippen molar-refractivity contribution in [3.8, 4) is 0 Å². The van der Waals surface area contributed by atoms with E-state index in [1.807, 2.05) is 11.7 Å². The van der Waals surface area contributed by atoms with Crippen LogP contribution in [0.4, 0.5) is 5.82 Å². The Morgan fingerprint density at radius 3 is 2.75 bits per heavy atom. The monoisotopic (exact) mass is 431 g/mol. The number of amides is 1. The highest BCUT2D eigenvalue weighted by Crippen LogP contribution is 2.54. The zero-order valence-electron chi connectivity index (χ0n) is 18.9. The number of hydrogen-bond donors (Lipinski definition) is 1. The lowest BCUT2D eigenvalue weighted by Gasteiger charge is -2.36. The Balaban J connectivity index is 1.12. The Labute approximate surface area is 190 Å². The number of rotatable bonds is 5. The molecule has 4 atom stereocenters. The van der Waals surface area contributed by atoms with Crippen molar-refractivity contribution in [2.24, 2.45) is 24.8 Å². The first-order valence-electron chi connectivity index (χ1n) is 12.2. The fraction of sp³-hybridized carbons (Fsp3) is 0.538. The van der Waals surface area contributed by atoms with Crippen LogP contribution >= 0.6 is 0 Å². The molecule has 2 saturated carbocycles. The topological polar surface area (TPSA) is 53.4 Å². The molecular weight excluding hydrogens is 398 g/mol.